The van der Waals surface area contributed by atoms with Gasteiger partial charge in [0, 0.05) is 46.1 Å². The van der Waals surface area contributed by atoms with Gasteiger partial charge in [-0.05, 0) is 18.2 Å². The van der Waals surface area contributed by atoms with Gasteiger partial charge in [0.25, 0.3) is 5.56 Å². The summed E-state index contributed by atoms with van der Waals surface area (Å²) in [6.45, 7) is 0. The zero-order valence-electron chi connectivity index (χ0n) is 11.5. The van der Waals surface area contributed by atoms with Gasteiger partial charge in [-0.1, -0.05) is 0 Å². The first-order valence-electron chi connectivity index (χ1n) is 6.18. The van der Waals surface area contributed by atoms with E-state index in [0.29, 0.717) is 22.0 Å². The highest BCUT2D eigenvalue weighted by Gasteiger charge is 2.13. The number of benzene rings is 1. The molecule has 0 aliphatic carbocycles. The molecule has 3 aromatic rings. The molecule has 6 nitrogen and oxygen atoms in total. The van der Waals surface area contributed by atoms with Gasteiger partial charge in [0.1, 0.15) is 5.75 Å². The Kier molecular flexibility index (Phi) is 3.34. The molecule has 2 aromatic heterocycles. The summed E-state index contributed by atoms with van der Waals surface area (Å²) in [6.07, 6.45) is 6.64. The molecule has 2 heterocycles. The largest absolute Gasteiger partial charge is 0.496 e. The molecule has 0 saturated heterocycles. The van der Waals surface area contributed by atoms with E-state index >= 15 is 0 Å². The summed E-state index contributed by atoms with van der Waals surface area (Å²) < 4.78 is 18.5. The third-order valence-electron chi connectivity index (χ3n) is 3.17. The highest BCUT2D eigenvalue weighted by Crippen LogP contribution is 2.30. The fraction of sp³-hybridized carbons (Fsp3) is 0.143. The van der Waals surface area contributed by atoms with Crippen molar-refractivity contribution < 1.29 is 8.95 Å². The van der Waals surface area contributed by atoms with Crippen molar-refractivity contribution in [3.63, 3.8) is 0 Å². The molecular weight excluding hydrogens is 290 g/mol. The Bertz CT molecular complexity index is 898. The Balaban J connectivity index is 2.20. The first kappa shape index (κ1) is 13.6. The lowest BCUT2D eigenvalue weighted by atomic mass is 10.1. The number of nitrogens with one attached hydrogen (secondary N) is 1. The number of aromatic nitrogens is 3. The van der Waals surface area contributed by atoms with Crippen LogP contribution in [0.1, 0.15) is 0 Å². The van der Waals surface area contributed by atoms with E-state index in [1.165, 1.54) is 0 Å². The Labute approximate surface area is 122 Å². The quantitative estimate of drug-likeness (QED) is 0.794. The first-order chi connectivity index (χ1) is 10.1. The fourth-order valence-corrected chi connectivity index (χ4v) is 2.66. The summed E-state index contributed by atoms with van der Waals surface area (Å²) in [4.78, 5) is 19.3. The molecule has 0 radical (unpaired) electrons. The number of fused-ring (bicyclic) bond motifs is 1. The third kappa shape index (κ3) is 2.36. The molecule has 0 aliphatic heterocycles. The average Bonchev–Trinajstić information content (AvgIpc) is 2.91. The first-order valence-corrected chi connectivity index (χ1v) is 7.74. The number of ether oxygens (including phenoxy) is 1. The number of H-pyrrole nitrogens is 1. The molecule has 108 valence electrons. The molecule has 0 aliphatic rings. The van der Waals surface area contributed by atoms with E-state index in [1.807, 2.05) is 0 Å². The molecule has 21 heavy (non-hydrogen) atoms. The van der Waals surface area contributed by atoms with Crippen molar-refractivity contribution in [3.8, 4) is 17.0 Å². The molecule has 0 spiro atoms. The van der Waals surface area contributed by atoms with E-state index in [-0.39, 0.29) is 5.56 Å². The van der Waals surface area contributed by atoms with Crippen LogP contribution in [0.3, 0.4) is 0 Å². The highest BCUT2D eigenvalue weighted by molar-refractivity contribution is 7.84. The molecule has 0 fully saturated rings. The van der Waals surface area contributed by atoms with Crippen molar-refractivity contribution in [2.45, 2.75) is 4.90 Å². The number of methoxy groups -OCH3 is 1. The number of hydrogen-bond acceptors (Lipinski definition) is 4. The van der Waals surface area contributed by atoms with E-state index < -0.39 is 10.8 Å². The van der Waals surface area contributed by atoms with Gasteiger partial charge in [0.15, 0.2) is 0 Å². The van der Waals surface area contributed by atoms with E-state index in [4.69, 9.17) is 4.74 Å². The number of hydrogen-bond donors (Lipinski definition) is 1. The Morgan fingerprint density at radius 1 is 1.38 bits per heavy atom. The van der Waals surface area contributed by atoms with Crippen LogP contribution in [-0.2, 0) is 10.8 Å². The molecule has 7 heteroatoms. The van der Waals surface area contributed by atoms with Crippen LogP contribution in [0, 0.1) is 0 Å². The van der Waals surface area contributed by atoms with Crippen molar-refractivity contribution in [1.82, 2.24) is 14.4 Å². The Morgan fingerprint density at radius 2 is 2.19 bits per heavy atom. The van der Waals surface area contributed by atoms with E-state index in [1.54, 1.807) is 54.6 Å². The number of aromatic amines is 1. The van der Waals surface area contributed by atoms with Crippen LogP contribution >= 0.6 is 0 Å². The van der Waals surface area contributed by atoms with Crippen LogP contribution < -0.4 is 10.3 Å². The summed E-state index contributed by atoms with van der Waals surface area (Å²) >= 11 is 0. The molecule has 1 unspecified atom stereocenters. The zero-order chi connectivity index (χ0) is 15.0. The molecule has 1 N–H and O–H groups in total. The van der Waals surface area contributed by atoms with Crippen LogP contribution in [0.4, 0.5) is 0 Å². The van der Waals surface area contributed by atoms with Crippen molar-refractivity contribution >= 4 is 16.4 Å². The molecule has 0 bridgehead atoms. The minimum absolute atomic E-state index is 0.256. The van der Waals surface area contributed by atoms with Crippen LogP contribution in [0.25, 0.3) is 16.9 Å². The van der Waals surface area contributed by atoms with Gasteiger partial charge >= 0.3 is 0 Å². The van der Waals surface area contributed by atoms with Gasteiger partial charge in [-0.3, -0.25) is 9.00 Å². The SMILES string of the molecule is COc1cc(S(C)=O)ccc1-c1cn2cc[nH]c(=O)c2n1. The monoisotopic (exact) mass is 303 g/mol. The summed E-state index contributed by atoms with van der Waals surface area (Å²) in [5, 5.41) is 0. The van der Waals surface area contributed by atoms with Crippen molar-refractivity contribution in [3.05, 3.63) is 47.1 Å². The van der Waals surface area contributed by atoms with Crippen molar-refractivity contribution in [2.24, 2.45) is 0 Å². The van der Waals surface area contributed by atoms with Crippen molar-refractivity contribution in [2.75, 3.05) is 13.4 Å². The number of imidazole rings is 1. The summed E-state index contributed by atoms with van der Waals surface area (Å²) in [5.41, 5.74) is 1.43. The Hall–Kier alpha value is -2.41. The van der Waals surface area contributed by atoms with E-state index in [2.05, 4.69) is 9.97 Å². The number of rotatable bonds is 3. The van der Waals surface area contributed by atoms with Gasteiger partial charge < -0.3 is 14.1 Å². The second-order valence-corrected chi connectivity index (χ2v) is 5.84. The predicted octanol–water partition coefficient (Wildman–Crippen LogP) is 1.44. The molecule has 1 aromatic carbocycles. The van der Waals surface area contributed by atoms with Gasteiger partial charge in [-0.15, -0.1) is 0 Å². The molecular formula is C14H13N3O3S. The summed E-state index contributed by atoms with van der Waals surface area (Å²) in [6, 6.07) is 5.29. The maximum atomic E-state index is 11.7. The lowest BCUT2D eigenvalue weighted by Gasteiger charge is -2.07. The molecule has 0 amide bonds. The van der Waals surface area contributed by atoms with Crippen LogP contribution in [0.2, 0.25) is 0 Å². The van der Waals surface area contributed by atoms with Gasteiger partial charge in [-0.25, -0.2) is 4.98 Å². The highest BCUT2D eigenvalue weighted by atomic mass is 32.2. The zero-order valence-corrected chi connectivity index (χ0v) is 12.3. The van der Waals surface area contributed by atoms with E-state index in [0.717, 1.165) is 5.56 Å². The maximum Gasteiger partial charge on any atom is 0.291 e. The topological polar surface area (TPSA) is 76.5 Å². The van der Waals surface area contributed by atoms with E-state index in [9.17, 15) is 9.00 Å². The minimum Gasteiger partial charge on any atom is -0.496 e. The lowest BCUT2D eigenvalue weighted by Crippen LogP contribution is -2.07. The second kappa shape index (κ2) is 5.17. The minimum atomic E-state index is -1.08. The molecule has 1 atom stereocenters. The smallest absolute Gasteiger partial charge is 0.291 e. The molecule has 3 rings (SSSR count). The second-order valence-electron chi connectivity index (χ2n) is 4.46. The predicted molar refractivity (Wildman–Crippen MR) is 80.1 cm³/mol. The fourth-order valence-electron chi connectivity index (χ4n) is 2.12. The average molecular weight is 303 g/mol. The van der Waals surface area contributed by atoms with Gasteiger partial charge in [0.05, 0.1) is 12.8 Å². The van der Waals surface area contributed by atoms with Gasteiger partial charge in [-0.2, -0.15) is 0 Å². The maximum absolute atomic E-state index is 11.7. The van der Waals surface area contributed by atoms with Crippen LogP contribution in [0.15, 0.2) is 46.5 Å². The lowest BCUT2D eigenvalue weighted by molar-refractivity contribution is 0.415. The number of nitrogens with zero attached hydrogens (tertiary/aromatic N) is 2. The van der Waals surface area contributed by atoms with Crippen molar-refractivity contribution in [1.29, 1.82) is 0 Å². The standard InChI is InChI=1S/C14H13N3O3S/c1-20-12-7-9(21(2)19)3-4-10(12)11-8-17-6-5-15-14(18)13(17)16-11/h3-8H,1-2H3,(H,15,18). The van der Waals surface area contributed by atoms with Gasteiger partial charge in [0.2, 0.25) is 5.65 Å². The normalized spacial score (nSPS) is 12.5. The summed E-state index contributed by atoms with van der Waals surface area (Å²) in [7, 11) is 0.461. The van der Waals surface area contributed by atoms with Crippen LogP contribution in [0.5, 0.6) is 5.75 Å². The third-order valence-corrected chi connectivity index (χ3v) is 4.08. The van der Waals surface area contributed by atoms with Crippen LogP contribution in [-0.4, -0.2) is 31.9 Å². The molecule has 0 saturated carbocycles. The summed E-state index contributed by atoms with van der Waals surface area (Å²) in [5.74, 6) is 0.572. The Morgan fingerprint density at radius 3 is 2.86 bits per heavy atom.